The Balaban J connectivity index is 2.22. The number of nitrogens with zero attached hydrogens (tertiary/aromatic N) is 1. The highest BCUT2D eigenvalue weighted by Crippen LogP contribution is 2.20. The van der Waals surface area contributed by atoms with Crippen LogP contribution in [0, 0.1) is 0 Å². The van der Waals surface area contributed by atoms with E-state index in [4.69, 9.17) is 20.2 Å². The molecule has 0 aliphatic carbocycles. The largest absolute Gasteiger partial charge is 0.455 e. The second-order valence-corrected chi connectivity index (χ2v) is 6.74. The van der Waals surface area contributed by atoms with Crippen LogP contribution in [0.25, 0.3) is 0 Å². The smallest absolute Gasteiger partial charge is 0.355 e. The number of halogens is 1. The first-order valence-corrected chi connectivity index (χ1v) is 8.16. The van der Waals surface area contributed by atoms with E-state index in [0.29, 0.717) is 26.2 Å². The van der Waals surface area contributed by atoms with E-state index < -0.39 is 15.0 Å². The Labute approximate surface area is 115 Å². The van der Waals surface area contributed by atoms with Gasteiger partial charge in [-0.15, -0.1) is 0 Å². The number of hydrogen-bond acceptors (Lipinski definition) is 5. The number of carbonyl (C=O) groups excluding carboxylic acids is 1. The molecule has 1 atom stereocenters. The van der Waals surface area contributed by atoms with Crippen LogP contribution < -0.4 is 0 Å². The van der Waals surface area contributed by atoms with Gasteiger partial charge in [0, 0.05) is 29.8 Å². The van der Waals surface area contributed by atoms with Crippen molar-refractivity contribution in [2.24, 2.45) is 0 Å². The molecule has 2 rings (SSSR count). The van der Waals surface area contributed by atoms with E-state index >= 15 is 0 Å². The molecule has 19 heavy (non-hydrogen) atoms. The molecule has 1 aliphatic rings. The van der Waals surface area contributed by atoms with Gasteiger partial charge in [-0.2, -0.15) is 0 Å². The molecule has 1 fully saturated rings. The Kier molecular flexibility index (Phi) is 4.17. The van der Waals surface area contributed by atoms with E-state index in [2.05, 4.69) is 0 Å². The van der Waals surface area contributed by atoms with Crippen molar-refractivity contribution >= 4 is 25.7 Å². The summed E-state index contributed by atoms with van der Waals surface area (Å²) in [4.78, 5) is 11.9. The van der Waals surface area contributed by atoms with Crippen molar-refractivity contribution in [2.75, 3.05) is 13.2 Å². The molecule has 106 valence electrons. The van der Waals surface area contributed by atoms with Crippen LogP contribution in [0.2, 0.25) is 0 Å². The second kappa shape index (κ2) is 5.52. The van der Waals surface area contributed by atoms with E-state index in [1.807, 2.05) is 0 Å². The van der Waals surface area contributed by atoms with E-state index in [1.54, 1.807) is 6.92 Å². The second-order valence-electron chi connectivity index (χ2n) is 4.18. The molecule has 0 radical (unpaired) electrons. The summed E-state index contributed by atoms with van der Waals surface area (Å²) in [5, 5.41) is 0. The molecule has 0 aromatic carbocycles. The van der Waals surface area contributed by atoms with E-state index in [-0.39, 0.29) is 16.7 Å². The minimum atomic E-state index is -3.86. The van der Waals surface area contributed by atoms with Crippen LogP contribution in [0.15, 0.2) is 17.2 Å². The summed E-state index contributed by atoms with van der Waals surface area (Å²) >= 11 is 0. The minimum Gasteiger partial charge on any atom is -0.455 e. The summed E-state index contributed by atoms with van der Waals surface area (Å²) in [7, 11) is 1.41. The Morgan fingerprint density at radius 1 is 1.63 bits per heavy atom. The number of aryl methyl sites for hydroxylation is 1. The molecular formula is C11H14ClNO5S. The van der Waals surface area contributed by atoms with Crippen LogP contribution >= 0.6 is 10.7 Å². The van der Waals surface area contributed by atoms with Crippen LogP contribution in [0.1, 0.15) is 23.8 Å². The molecule has 0 amide bonds. The molecule has 6 nitrogen and oxygen atoms in total. The fraction of sp³-hybridized carbons (Fsp3) is 0.545. The highest BCUT2D eigenvalue weighted by Gasteiger charge is 2.25. The van der Waals surface area contributed by atoms with Crippen molar-refractivity contribution in [3.8, 4) is 0 Å². The van der Waals surface area contributed by atoms with Crippen LogP contribution in [0.5, 0.6) is 0 Å². The standard InChI is InChI=1S/C11H14ClNO5S/c1-2-13-6-9(19(12,15)16)5-10(13)11(14)18-8-3-4-17-7-8/h5-6,8H,2-4,7H2,1H3. The predicted molar refractivity (Wildman–Crippen MR) is 67.8 cm³/mol. The Hall–Kier alpha value is -1.05. The van der Waals surface area contributed by atoms with Gasteiger partial charge in [-0.05, 0) is 13.0 Å². The summed E-state index contributed by atoms with van der Waals surface area (Å²) in [6, 6.07) is 1.23. The van der Waals surface area contributed by atoms with Gasteiger partial charge in [0.1, 0.15) is 16.7 Å². The molecule has 1 aromatic rings. The normalized spacial score (nSPS) is 19.6. The molecule has 0 saturated carbocycles. The average molecular weight is 308 g/mol. The van der Waals surface area contributed by atoms with Gasteiger partial charge in [0.25, 0.3) is 9.05 Å². The van der Waals surface area contributed by atoms with Crippen molar-refractivity contribution in [2.45, 2.75) is 30.9 Å². The monoisotopic (exact) mass is 307 g/mol. The van der Waals surface area contributed by atoms with Crippen molar-refractivity contribution in [1.29, 1.82) is 0 Å². The Morgan fingerprint density at radius 2 is 2.37 bits per heavy atom. The third-order valence-electron chi connectivity index (χ3n) is 2.86. The Bertz CT molecular complexity index is 574. The van der Waals surface area contributed by atoms with Gasteiger partial charge in [-0.1, -0.05) is 0 Å². The molecule has 1 unspecified atom stereocenters. The first-order chi connectivity index (χ1) is 8.91. The molecule has 1 aliphatic heterocycles. The molecule has 0 N–H and O–H groups in total. The molecule has 2 heterocycles. The topological polar surface area (TPSA) is 74.6 Å². The van der Waals surface area contributed by atoms with Gasteiger partial charge in [0.05, 0.1) is 13.2 Å². The van der Waals surface area contributed by atoms with Gasteiger partial charge in [-0.3, -0.25) is 0 Å². The predicted octanol–water partition coefficient (Wildman–Crippen LogP) is 1.38. The first-order valence-electron chi connectivity index (χ1n) is 5.85. The van der Waals surface area contributed by atoms with Crippen LogP contribution in [-0.2, 0) is 25.1 Å². The number of ether oxygens (including phenoxy) is 2. The van der Waals surface area contributed by atoms with Crippen molar-refractivity contribution < 1.29 is 22.7 Å². The zero-order chi connectivity index (χ0) is 14.0. The lowest BCUT2D eigenvalue weighted by molar-refractivity contribution is 0.0259. The van der Waals surface area contributed by atoms with Gasteiger partial charge in [0.2, 0.25) is 0 Å². The van der Waals surface area contributed by atoms with Gasteiger partial charge < -0.3 is 14.0 Å². The average Bonchev–Trinajstić information content (AvgIpc) is 2.95. The van der Waals surface area contributed by atoms with Crippen molar-refractivity contribution in [3.63, 3.8) is 0 Å². The molecule has 1 saturated heterocycles. The first kappa shape index (κ1) is 14.4. The van der Waals surface area contributed by atoms with Crippen molar-refractivity contribution in [1.82, 2.24) is 4.57 Å². The zero-order valence-electron chi connectivity index (χ0n) is 10.3. The zero-order valence-corrected chi connectivity index (χ0v) is 11.9. The van der Waals surface area contributed by atoms with E-state index in [1.165, 1.54) is 16.8 Å². The SMILES string of the molecule is CCn1cc(S(=O)(=O)Cl)cc1C(=O)OC1CCOC1. The number of carbonyl (C=O) groups is 1. The molecular weight excluding hydrogens is 294 g/mol. The third-order valence-corrected chi connectivity index (χ3v) is 4.19. The molecule has 8 heteroatoms. The van der Waals surface area contributed by atoms with E-state index in [9.17, 15) is 13.2 Å². The molecule has 0 bridgehead atoms. The summed E-state index contributed by atoms with van der Waals surface area (Å²) in [6.07, 6.45) is 1.70. The maximum Gasteiger partial charge on any atom is 0.355 e. The van der Waals surface area contributed by atoms with Crippen LogP contribution in [0.4, 0.5) is 0 Å². The Morgan fingerprint density at radius 3 is 2.89 bits per heavy atom. The summed E-state index contributed by atoms with van der Waals surface area (Å²) in [5.41, 5.74) is 0.175. The van der Waals surface area contributed by atoms with Crippen LogP contribution in [0.3, 0.4) is 0 Å². The quantitative estimate of drug-likeness (QED) is 0.620. The third kappa shape index (κ3) is 3.29. The molecule has 0 spiro atoms. The molecule has 1 aromatic heterocycles. The van der Waals surface area contributed by atoms with Crippen molar-refractivity contribution in [3.05, 3.63) is 18.0 Å². The van der Waals surface area contributed by atoms with E-state index in [0.717, 1.165) is 0 Å². The minimum absolute atomic E-state index is 0.106. The van der Waals surface area contributed by atoms with Gasteiger partial charge in [-0.25, -0.2) is 13.2 Å². The fourth-order valence-electron chi connectivity index (χ4n) is 1.87. The maximum atomic E-state index is 12.0. The highest BCUT2D eigenvalue weighted by molar-refractivity contribution is 8.13. The number of hydrogen-bond donors (Lipinski definition) is 0. The summed E-state index contributed by atoms with van der Waals surface area (Å²) in [5.74, 6) is -0.566. The van der Waals surface area contributed by atoms with Crippen LogP contribution in [-0.4, -0.2) is 38.3 Å². The number of rotatable bonds is 4. The highest BCUT2D eigenvalue weighted by atomic mass is 35.7. The lowest BCUT2D eigenvalue weighted by atomic mass is 10.3. The summed E-state index contributed by atoms with van der Waals surface area (Å²) in [6.45, 7) is 3.17. The number of esters is 1. The fourth-order valence-corrected chi connectivity index (χ4v) is 2.63. The summed E-state index contributed by atoms with van der Waals surface area (Å²) < 4.78 is 34.4. The van der Waals surface area contributed by atoms with Gasteiger partial charge in [0.15, 0.2) is 0 Å². The lowest BCUT2D eigenvalue weighted by Gasteiger charge is -2.11. The van der Waals surface area contributed by atoms with Gasteiger partial charge >= 0.3 is 5.97 Å². The lowest BCUT2D eigenvalue weighted by Crippen LogP contribution is -2.20. The number of aromatic nitrogens is 1. The maximum absolute atomic E-state index is 12.0.